The number of unbranched alkanes of at least 4 members (excludes halogenated alkanes) is 19. The van der Waals surface area contributed by atoms with E-state index >= 15 is 0 Å². The fourth-order valence-corrected chi connectivity index (χ4v) is 5.67. The Hall–Kier alpha value is -2.44. The number of hydrogen-bond acceptors (Lipinski definition) is 6. The van der Waals surface area contributed by atoms with Crippen molar-refractivity contribution in [3.05, 3.63) is 60.8 Å². The van der Waals surface area contributed by atoms with Crippen molar-refractivity contribution < 1.29 is 29.3 Å². The Labute approximate surface area is 313 Å². The van der Waals surface area contributed by atoms with Crippen LogP contribution in [0.15, 0.2) is 60.8 Å². The van der Waals surface area contributed by atoms with E-state index in [0.717, 1.165) is 44.9 Å². The molecule has 6 nitrogen and oxygen atoms in total. The molecule has 0 aromatic rings. The third-order valence-electron chi connectivity index (χ3n) is 8.84. The van der Waals surface area contributed by atoms with Crippen LogP contribution in [-0.4, -0.2) is 47.6 Å². The van der Waals surface area contributed by atoms with Crippen LogP contribution in [0.2, 0.25) is 0 Å². The molecule has 6 heteroatoms. The highest BCUT2D eigenvalue weighted by molar-refractivity contribution is 5.69. The Morgan fingerprint density at radius 1 is 0.510 bits per heavy atom. The molecule has 294 valence electrons. The van der Waals surface area contributed by atoms with Crippen molar-refractivity contribution in [2.45, 2.75) is 199 Å². The maximum atomic E-state index is 12.0. The number of esters is 2. The first-order chi connectivity index (χ1) is 25.0. The SMILES string of the molecule is CC/C=C\C(O)C/C=C/C=C\C/C=C\C/C=C\CCCC(=O)OC[C@@H](O)COC(=O)CCCCCCCCCCCCCCCCCCCCC. The summed E-state index contributed by atoms with van der Waals surface area (Å²) in [5.74, 6) is -0.652. The summed E-state index contributed by atoms with van der Waals surface area (Å²) in [5.41, 5.74) is 0. The third kappa shape index (κ3) is 40.2. The van der Waals surface area contributed by atoms with Crippen LogP contribution in [0, 0.1) is 0 Å². The average Bonchev–Trinajstić information content (AvgIpc) is 3.13. The van der Waals surface area contributed by atoms with Gasteiger partial charge in [0.25, 0.3) is 0 Å². The summed E-state index contributed by atoms with van der Waals surface area (Å²) < 4.78 is 10.3. The fourth-order valence-electron chi connectivity index (χ4n) is 5.67. The molecule has 0 spiro atoms. The van der Waals surface area contributed by atoms with Crippen molar-refractivity contribution in [3.63, 3.8) is 0 Å². The smallest absolute Gasteiger partial charge is 0.305 e. The maximum absolute atomic E-state index is 12.0. The van der Waals surface area contributed by atoms with E-state index in [-0.39, 0.29) is 31.6 Å². The first-order valence-corrected chi connectivity index (χ1v) is 20.9. The highest BCUT2D eigenvalue weighted by atomic mass is 16.6. The van der Waals surface area contributed by atoms with Gasteiger partial charge in [0.2, 0.25) is 0 Å². The summed E-state index contributed by atoms with van der Waals surface area (Å²) in [7, 11) is 0. The van der Waals surface area contributed by atoms with Crippen molar-refractivity contribution in [2.24, 2.45) is 0 Å². The summed E-state index contributed by atoms with van der Waals surface area (Å²) in [5, 5.41) is 19.7. The van der Waals surface area contributed by atoms with Gasteiger partial charge in [-0.05, 0) is 44.9 Å². The minimum absolute atomic E-state index is 0.144. The lowest BCUT2D eigenvalue weighted by atomic mass is 10.0. The van der Waals surface area contributed by atoms with Crippen LogP contribution in [0.25, 0.3) is 0 Å². The zero-order valence-electron chi connectivity index (χ0n) is 33.0. The Kier molecular flexibility index (Phi) is 38.4. The largest absolute Gasteiger partial charge is 0.463 e. The van der Waals surface area contributed by atoms with Crippen LogP contribution in [0.3, 0.4) is 0 Å². The predicted molar refractivity (Wildman–Crippen MR) is 216 cm³/mol. The van der Waals surface area contributed by atoms with E-state index in [4.69, 9.17) is 9.47 Å². The number of ether oxygens (including phenoxy) is 2. The number of allylic oxidation sites excluding steroid dienone is 8. The van der Waals surface area contributed by atoms with Gasteiger partial charge in [-0.2, -0.15) is 0 Å². The molecule has 0 aliphatic carbocycles. The summed E-state index contributed by atoms with van der Waals surface area (Å²) in [6, 6.07) is 0. The third-order valence-corrected chi connectivity index (χ3v) is 8.84. The lowest BCUT2D eigenvalue weighted by Crippen LogP contribution is -2.25. The van der Waals surface area contributed by atoms with Gasteiger partial charge in [0.05, 0.1) is 6.10 Å². The van der Waals surface area contributed by atoms with Gasteiger partial charge >= 0.3 is 11.9 Å². The molecule has 0 bridgehead atoms. The average molecular weight is 715 g/mol. The van der Waals surface area contributed by atoms with Crippen molar-refractivity contribution >= 4 is 11.9 Å². The second-order valence-electron chi connectivity index (χ2n) is 13.9. The van der Waals surface area contributed by atoms with Crippen LogP contribution in [-0.2, 0) is 19.1 Å². The van der Waals surface area contributed by atoms with Crippen LogP contribution in [0.4, 0.5) is 0 Å². The molecule has 0 aromatic carbocycles. The van der Waals surface area contributed by atoms with E-state index in [9.17, 15) is 19.8 Å². The Morgan fingerprint density at radius 2 is 0.941 bits per heavy atom. The first kappa shape index (κ1) is 48.6. The van der Waals surface area contributed by atoms with Gasteiger partial charge in [-0.1, -0.05) is 190 Å². The Balaban J connectivity index is 3.53. The van der Waals surface area contributed by atoms with Crippen LogP contribution < -0.4 is 0 Å². The second-order valence-corrected chi connectivity index (χ2v) is 13.9. The molecule has 0 amide bonds. The normalized spacial score (nSPS) is 13.4. The van der Waals surface area contributed by atoms with Crippen molar-refractivity contribution in [2.75, 3.05) is 13.2 Å². The molecule has 1 unspecified atom stereocenters. The predicted octanol–water partition coefficient (Wildman–Crippen LogP) is 12.1. The van der Waals surface area contributed by atoms with E-state index < -0.39 is 12.2 Å². The molecule has 0 fully saturated rings. The Bertz CT molecular complexity index is 918. The van der Waals surface area contributed by atoms with Gasteiger partial charge in [0, 0.05) is 12.8 Å². The zero-order chi connectivity index (χ0) is 37.3. The zero-order valence-corrected chi connectivity index (χ0v) is 33.0. The quantitative estimate of drug-likeness (QED) is 0.0288. The lowest BCUT2D eigenvalue weighted by Gasteiger charge is -2.12. The van der Waals surface area contributed by atoms with E-state index in [2.05, 4.69) is 37.3 Å². The molecule has 0 saturated heterocycles. The topological polar surface area (TPSA) is 93.1 Å². The summed E-state index contributed by atoms with van der Waals surface area (Å²) in [4.78, 5) is 24.0. The first-order valence-electron chi connectivity index (χ1n) is 20.9. The van der Waals surface area contributed by atoms with E-state index in [1.165, 1.54) is 103 Å². The molecule has 51 heavy (non-hydrogen) atoms. The highest BCUT2D eigenvalue weighted by Gasteiger charge is 2.12. The van der Waals surface area contributed by atoms with Gasteiger partial charge < -0.3 is 19.7 Å². The van der Waals surface area contributed by atoms with Gasteiger partial charge in [-0.25, -0.2) is 0 Å². The standard InChI is InChI=1S/C45H78O6/c1-3-5-7-8-9-10-11-12-13-14-15-16-17-18-22-25-28-31-34-38-44(48)50-40-43(47)41-51-45(49)39-35-32-29-26-23-20-19-21-24-27-30-33-37-42(46)36-6-4-2/h6,19-20,24,26-27,29-30,33,36,42-43,46-47H,3-5,7-18,21-23,25,28,31-32,34-35,37-41H2,1-2H3/b20-19-,27-24-,29-26-,33-30+,36-6-/t42?,43-/m0/s1. The van der Waals surface area contributed by atoms with Crippen molar-refractivity contribution in [1.29, 1.82) is 0 Å². The number of aliphatic hydroxyl groups excluding tert-OH is 2. The molecule has 0 saturated carbocycles. The number of aliphatic hydroxyl groups is 2. The maximum Gasteiger partial charge on any atom is 0.305 e. The molecule has 0 rings (SSSR count). The molecule has 0 radical (unpaired) electrons. The van der Waals surface area contributed by atoms with Crippen LogP contribution in [0.5, 0.6) is 0 Å². The number of rotatable bonds is 37. The minimum Gasteiger partial charge on any atom is -0.463 e. The van der Waals surface area contributed by atoms with Crippen molar-refractivity contribution in [1.82, 2.24) is 0 Å². The van der Waals surface area contributed by atoms with E-state index in [1.54, 1.807) is 0 Å². The molecule has 0 aliphatic heterocycles. The molecule has 0 aromatic heterocycles. The summed E-state index contributed by atoms with van der Waals surface area (Å²) in [6.45, 7) is 4.02. The molecular weight excluding hydrogens is 636 g/mol. The molecule has 0 heterocycles. The minimum atomic E-state index is -0.999. The Morgan fingerprint density at radius 3 is 1.45 bits per heavy atom. The van der Waals surface area contributed by atoms with Gasteiger partial charge in [-0.15, -0.1) is 0 Å². The van der Waals surface area contributed by atoms with E-state index in [1.807, 2.05) is 37.3 Å². The molecule has 0 aliphatic rings. The molecule has 2 N–H and O–H groups in total. The summed E-state index contributed by atoms with van der Waals surface area (Å²) >= 11 is 0. The molecular formula is C45H78O6. The van der Waals surface area contributed by atoms with Gasteiger partial charge in [0.15, 0.2) is 0 Å². The van der Waals surface area contributed by atoms with E-state index in [0.29, 0.717) is 19.3 Å². The lowest BCUT2D eigenvalue weighted by molar-refractivity contribution is -0.152. The number of hydrogen-bond donors (Lipinski definition) is 2. The van der Waals surface area contributed by atoms with Gasteiger partial charge in [-0.3, -0.25) is 9.59 Å². The van der Waals surface area contributed by atoms with Crippen LogP contribution in [0.1, 0.15) is 187 Å². The fraction of sp³-hybridized carbons (Fsp3) is 0.733. The van der Waals surface area contributed by atoms with Crippen molar-refractivity contribution in [3.8, 4) is 0 Å². The van der Waals surface area contributed by atoms with Crippen LogP contribution >= 0.6 is 0 Å². The molecule has 2 atom stereocenters. The van der Waals surface area contributed by atoms with Gasteiger partial charge in [0.1, 0.15) is 19.3 Å². The second kappa shape index (κ2) is 40.3. The monoisotopic (exact) mass is 715 g/mol. The summed E-state index contributed by atoms with van der Waals surface area (Å²) in [6.07, 6.45) is 49.1. The number of carbonyl (C=O) groups excluding carboxylic acids is 2. The highest BCUT2D eigenvalue weighted by Crippen LogP contribution is 2.15. The number of carbonyl (C=O) groups is 2.